The second-order valence-electron chi connectivity index (χ2n) is 9.28. The number of azo groups is 1. The molecule has 2 aromatic carbocycles. The number of nitrogens with zero attached hydrogens (tertiary/aromatic N) is 4. The fraction of sp³-hybridized carbons (Fsp3) is 0.320. The summed E-state index contributed by atoms with van der Waals surface area (Å²) in [6, 6.07) is 9.82. The van der Waals surface area contributed by atoms with Crippen LogP contribution < -0.4 is 0 Å². The third kappa shape index (κ3) is 3.24. The van der Waals surface area contributed by atoms with Crippen molar-refractivity contribution in [2.24, 2.45) is 10.2 Å². The molecule has 4 aromatic rings. The number of rotatable bonds is 3. The molecule has 0 spiro atoms. The third-order valence-electron chi connectivity index (χ3n) is 6.54. The summed E-state index contributed by atoms with van der Waals surface area (Å²) in [6.45, 7) is 10.8. The molecule has 1 atom stereocenters. The van der Waals surface area contributed by atoms with Gasteiger partial charge in [0.2, 0.25) is 11.0 Å². The summed E-state index contributed by atoms with van der Waals surface area (Å²) in [7, 11) is 0. The highest BCUT2D eigenvalue weighted by atomic mass is 35.5. The number of thiazole rings is 1. The standard InChI is InChI=1S/C25H25ClN4OS/c1-13-10-18-14(2)11-25(4,5)30-22(18)20(15(13)3)21(23(30)31)28-29-24-27-19(12-32-24)16-6-8-17(26)9-7-16/h6-10,12,14,31H,11H2,1-5H3. The summed E-state index contributed by atoms with van der Waals surface area (Å²) in [5.41, 5.74) is 6.77. The van der Waals surface area contributed by atoms with Crippen molar-refractivity contribution in [3.8, 4) is 17.1 Å². The zero-order valence-electron chi connectivity index (χ0n) is 18.8. The summed E-state index contributed by atoms with van der Waals surface area (Å²) in [6.07, 6.45) is 0.952. The van der Waals surface area contributed by atoms with Gasteiger partial charge in [-0.1, -0.05) is 36.7 Å². The predicted octanol–water partition coefficient (Wildman–Crippen LogP) is 8.40. The fourth-order valence-electron chi connectivity index (χ4n) is 4.95. The van der Waals surface area contributed by atoms with Gasteiger partial charge in [-0.2, -0.15) is 0 Å². The van der Waals surface area contributed by atoms with Gasteiger partial charge in [0, 0.05) is 26.9 Å². The highest BCUT2D eigenvalue weighted by Crippen LogP contribution is 2.52. The normalized spacial score (nSPS) is 17.5. The van der Waals surface area contributed by atoms with Crippen LogP contribution in [0.15, 0.2) is 45.9 Å². The average molecular weight is 465 g/mol. The molecule has 0 aliphatic carbocycles. The summed E-state index contributed by atoms with van der Waals surface area (Å²) in [5.74, 6) is 0.573. The number of aryl methyl sites for hydroxylation is 2. The van der Waals surface area contributed by atoms with Gasteiger partial charge < -0.3 is 9.67 Å². The van der Waals surface area contributed by atoms with Crippen molar-refractivity contribution in [3.63, 3.8) is 0 Å². The summed E-state index contributed by atoms with van der Waals surface area (Å²) >= 11 is 7.41. The van der Waals surface area contributed by atoms with E-state index < -0.39 is 0 Å². The van der Waals surface area contributed by atoms with Gasteiger partial charge in [0.1, 0.15) is 0 Å². The highest BCUT2D eigenvalue weighted by molar-refractivity contribution is 7.13. The molecule has 0 amide bonds. The molecule has 1 N–H and O–H groups in total. The van der Waals surface area contributed by atoms with Crippen LogP contribution in [-0.2, 0) is 5.54 Å². The maximum atomic E-state index is 11.3. The van der Waals surface area contributed by atoms with Crippen molar-refractivity contribution < 1.29 is 5.11 Å². The van der Waals surface area contributed by atoms with Crippen molar-refractivity contribution in [2.75, 3.05) is 0 Å². The average Bonchev–Trinajstić information content (AvgIpc) is 3.31. The molecule has 3 heterocycles. The lowest BCUT2D eigenvalue weighted by molar-refractivity contribution is 0.267. The SMILES string of the molecule is Cc1cc2c3c(c1C)c(N=Nc1nc(-c4ccc(Cl)cc4)cs1)c(O)n3C(C)(C)CC2C. The molecule has 0 saturated carbocycles. The summed E-state index contributed by atoms with van der Waals surface area (Å²) in [4.78, 5) is 4.60. The number of aromatic nitrogens is 2. The van der Waals surface area contributed by atoms with Crippen LogP contribution in [0.25, 0.3) is 22.2 Å². The highest BCUT2D eigenvalue weighted by Gasteiger charge is 2.37. The van der Waals surface area contributed by atoms with Crippen molar-refractivity contribution in [3.05, 3.63) is 57.4 Å². The van der Waals surface area contributed by atoms with E-state index in [4.69, 9.17) is 11.6 Å². The number of hydrogen-bond acceptors (Lipinski definition) is 5. The van der Waals surface area contributed by atoms with Crippen LogP contribution in [0.2, 0.25) is 5.02 Å². The Morgan fingerprint density at radius 2 is 1.91 bits per heavy atom. The van der Waals surface area contributed by atoms with E-state index in [1.54, 1.807) is 0 Å². The molecule has 1 aliphatic rings. The lowest BCUT2D eigenvalue weighted by Crippen LogP contribution is -2.31. The van der Waals surface area contributed by atoms with Gasteiger partial charge in [0.15, 0.2) is 5.69 Å². The summed E-state index contributed by atoms with van der Waals surface area (Å²) in [5, 5.41) is 24.4. The van der Waals surface area contributed by atoms with Crippen LogP contribution in [0.4, 0.5) is 10.8 Å². The first-order valence-electron chi connectivity index (χ1n) is 10.7. The molecule has 0 saturated heterocycles. The largest absolute Gasteiger partial charge is 0.493 e. The van der Waals surface area contributed by atoms with E-state index in [0.717, 1.165) is 34.1 Å². The quantitative estimate of drug-likeness (QED) is 0.309. The Kier molecular flexibility index (Phi) is 4.91. The topological polar surface area (TPSA) is 62.8 Å². The van der Waals surface area contributed by atoms with Gasteiger partial charge in [-0.15, -0.1) is 21.6 Å². The van der Waals surface area contributed by atoms with E-state index in [-0.39, 0.29) is 11.4 Å². The van der Waals surface area contributed by atoms with E-state index in [1.165, 1.54) is 22.5 Å². The van der Waals surface area contributed by atoms with Crippen molar-refractivity contribution in [1.82, 2.24) is 9.55 Å². The molecule has 7 heteroatoms. The minimum absolute atomic E-state index is 0.171. The second kappa shape index (κ2) is 7.42. The molecule has 1 unspecified atom stereocenters. The Hall–Kier alpha value is -2.70. The number of hydrogen-bond donors (Lipinski definition) is 1. The molecule has 5 rings (SSSR count). The van der Waals surface area contributed by atoms with Crippen LogP contribution in [0, 0.1) is 13.8 Å². The van der Waals surface area contributed by atoms with Gasteiger partial charge in [-0.05, 0) is 68.9 Å². The van der Waals surface area contributed by atoms with Crippen LogP contribution in [-0.4, -0.2) is 14.7 Å². The first-order chi connectivity index (χ1) is 15.2. The zero-order valence-corrected chi connectivity index (χ0v) is 20.3. The number of halogens is 1. The van der Waals surface area contributed by atoms with Gasteiger partial charge in [-0.3, -0.25) is 0 Å². The fourth-order valence-corrected chi connectivity index (χ4v) is 5.72. The molecule has 164 valence electrons. The molecule has 0 fully saturated rings. The molecule has 32 heavy (non-hydrogen) atoms. The number of benzene rings is 2. The van der Waals surface area contributed by atoms with Crippen LogP contribution >= 0.6 is 22.9 Å². The Labute approximate surface area is 196 Å². The van der Waals surface area contributed by atoms with E-state index in [9.17, 15) is 5.11 Å². The molecule has 0 bridgehead atoms. The Morgan fingerprint density at radius 3 is 2.62 bits per heavy atom. The van der Waals surface area contributed by atoms with Gasteiger partial charge >= 0.3 is 0 Å². The van der Waals surface area contributed by atoms with Crippen LogP contribution in [0.3, 0.4) is 0 Å². The lowest BCUT2D eigenvalue weighted by Gasteiger charge is -2.37. The molecular formula is C25H25ClN4OS. The van der Waals surface area contributed by atoms with Gasteiger partial charge in [0.25, 0.3) is 0 Å². The van der Waals surface area contributed by atoms with Crippen LogP contribution in [0.1, 0.15) is 49.8 Å². The first kappa shape index (κ1) is 21.2. The molecule has 2 aromatic heterocycles. The van der Waals surface area contributed by atoms with E-state index in [2.05, 4.69) is 55.9 Å². The summed E-state index contributed by atoms with van der Waals surface area (Å²) < 4.78 is 2.04. The first-order valence-corrected chi connectivity index (χ1v) is 11.9. The maximum absolute atomic E-state index is 11.3. The molecule has 5 nitrogen and oxygen atoms in total. The van der Waals surface area contributed by atoms with Gasteiger partial charge in [0.05, 0.1) is 11.2 Å². The van der Waals surface area contributed by atoms with Gasteiger partial charge in [-0.25, -0.2) is 4.98 Å². The minimum Gasteiger partial charge on any atom is -0.493 e. The zero-order chi connectivity index (χ0) is 22.8. The lowest BCUT2D eigenvalue weighted by atomic mass is 9.81. The van der Waals surface area contributed by atoms with E-state index >= 15 is 0 Å². The van der Waals surface area contributed by atoms with Crippen molar-refractivity contribution >= 4 is 44.7 Å². The Balaban J connectivity index is 1.63. The predicted molar refractivity (Wildman–Crippen MR) is 132 cm³/mol. The van der Waals surface area contributed by atoms with E-state index in [1.807, 2.05) is 34.2 Å². The second-order valence-corrected chi connectivity index (χ2v) is 10.6. The molecule has 0 radical (unpaired) electrons. The monoisotopic (exact) mass is 464 g/mol. The maximum Gasteiger partial charge on any atom is 0.230 e. The van der Waals surface area contributed by atoms with Crippen molar-refractivity contribution in [2.45, 2.75) is 52.5 Å². The van der Waals surface area contributed by atoms with Crippen LogP contribution in [0.5, 0.6) is 5.88 Å². The van der Waals surface area contributed by atoms with Crippen molar-refractivity contribution in [1.29, 1.82) is 0 Å². The van der Waals surface area contributed by atoms with E-state index in [0.29, 0.717) is 21.8 Å². The minimum atomic E-state index is -0.215. The Morgan fingerprint density at radius 1 is 1.19 bits per heavy atom. The third-order valence-corrected chi connectivity index (χ3v) is 7.52. The smallest absolute Gasteiger partial charge is 0.230 e. The Bertz CT molecular complexity index is 1380. The number of aromatic hydroxyl groups is 1. The molecule has 1 aliphatic heterocycles. The molecular weight excluding hydrogens is 440 g/mol.